The monoisotopic (exact) mass is 207 g/mol. The van der Waals surface area contributed by atoms with Crippen molar-refractivity contribution in [3.63, 3.8) is 0 Å². The lowest BCUT2D eigenvalue weighted by atomic mass is 10.1. The molecule has 1 atom stereocenters. The zero-order chi connectivity index (χ0) is 11.1. The first-order chi connectivity index (χ1) is 7.26. The van der Waals surface area contributed by atoms with E-state index in [1.807, 2.05) is 19.1 Å². The lowest BCUT2D eigenvalue weighted by Crippen LogP contribution is -2.09. The van der Waals surface area contributed by atoms with Crippen molar-refractivity contribution in [3.8, 4) is 5.75 Å². The average Bonchev–Trinajstić information content (AvgIpc) is 2.28. The molecule has 0 unspecified atom stereocenters. The molecule has 0 saturated carbocycles. The van der Waals surface area contributed by atoms with E-state index in [0.29, 0.717) is 0 Å². The van der Waals surface area contributed by atoms with E-state index in [9.17, 15) is 0 Å². The van der Waals surface area contributed by atoms with Gasteiger partial charge in [0.1, 0.15) is 5.75 Å². The summed E-state index contributed by atoms with van der Waals surface area (Å²) in [5.74, 6) is 1.66. The molecule has 1 aromatic rings. The quantitative estimate of drug-likeness (QED) is 0.770. The van der Waals surface area contributed by atoms with Crippen LogP contribution in [0.1, 0.15) is 27.2 Å². The molecule has 2 heteroatoms. The van der Waals surface area contributed by atoms with Crippen LogP contribution in [0.3, 0.4) is 0 Å². The minimum Gasteiger partial charge on any atom is -0.494 e. The molecule has 0 amide bonds. The molecule has 2 nitrogen and oxygen atoms in total. The third kappa shape index (κ3) is 4.24. The number of benzene rings is 1. The standard InChI is InChI=1S/C13H21NO/c1-4-11(3)10-14-12-6-8-13(9-7-12)15-5-2/h6-9,11,14H,4-5,10H2,1-3H3/t11-/m0/s1. The van der Waals surface area contributed by atoms with E-state index in [2.05, 4.69) is 31.3 Å². The Morgan fingerprint density at radius 2 is 1.87 bits per heavy atom. The zero-order valence-electron chi connectivity index (χ0n) is 9.92. The summed E-state index contributed by atoms with van der Waals surface area (Å²) in [4.78, 5) is 0. The van der Waals surface area contributed by atoms with Crippen LogP contribution in [0.2, 0.25) is 0 Å². The minimum atomic E-state index is 0.719. The first-order valence-corrected chi connectivity index (χ1v) is 5.73. The van der Waals surface area contributed by atoms with Crippen LogP contribution < -0.4 is 10.1 Å². The van der Waals surface area contributed by atoms with Gasteiger partial charge in [-0.05, 0) is 37.1 Å². The highest BCUT2D eigenvalue weighted by Gasteiger charge is 1.98. The fourth-order valence-corrected chi connectivity index (χ4v) is 1.27. The molecule has 0 bridgehead atoms. The van der Waals surface area contributed by atoms with E-state index < -0.39 is 0 Å². The molecule has 0 radical (unpaired) electrons. The van der Waals surface area contributed by atoms with Crippen molar-refractivity contribution in [1.82, 2.24) is 0 Å². The summed E-state index contributed by atoms with van der Waals surface area (Å²) in [6.07, 6.45) is 1.21. The van der Waals surface area contributed by atoms with Gasteiger partial charge in [-0.15, -0.1) is 0 Å². The fraction of sp³-hybridized carbons (Fsp3) is 0.538. The number of hydrogen-bond donors (Lipinski definition) is 1. The largest absolute Gasteiger partial charge is 0.494 e. The average molecular weight is 207 g/mol. The summed E-state index contributed by atoms with van der Waals surface area (Å²) in [5.41, 5.74) is 1.17. The second kappa shape index (κ2) is 6.33. The van der Waals surface area contributed by atoms with Crippen LogP contribution in [0.25, 0.3) is 0 Å². The maximum atomic E-state index is 5.38. The Hall–Kier alpha value is -1.18. The van der Waals surface area contributed by atoms with Crippen LogP contribution >= 0.6 is 0 Å². The van der Waals surface area contributed by atoms with Crippen molar-refractivity contribution in [3.05, 3.63) is 24.3 Å². The van der Waals surface area contributed by atoms with Crippen LogP contribution in [0, 0.1) is 5.92 Å². The van der Waals surface area contributed by atoms with Crippen molar-refractivity contribution >= 4 is 5.69 Å². The van der Waals surface area contributed by atoms with Gasteiger partial charge in [-0.25, -0.2) is 0 Å². The Balaban J connectivity index is 2.42. The Morgan fingerprint density at radius 1 is 1.20 bits per heavy atom. The third-order valence-electron chi connectivity index (χ3n) is 2.52. The predicted molar refractivity (Wildman–Crippen MR) is 65.6 cm³/mol. The lowest BCUT2D eigenvalue weighted by Gasteiger charge is -2.11. The molecule has 0 aliphatic rings. The minimum absolute atomic E-state index is 0.719. The van der Waals surface area contributed by atoms with Crippen LogP contribution in [-0.4, -0.2) is 13.2 Å². The van der Waals surface area contributed by atoms with Gasteiger partial charge in [0.25, 0.3) is 0 Å². The maximum absolute atomic E-state index is 5.38. The van der Waals surface area contributed by atoms with Crippen LogP contribution in [-0.2, 0) is 0 Å². The summed E-state index contributed by atoms with van der Waals surface area (Å²) < 4.78 is 5.38. The van der Waals surface area contributed by atoms with Crippen LogP contribution in [0.15, 0.2) is 24.3 Å². The van der Waals surface area contributed by atoms with E-state index in [1.54, 1.807) is 0 Å². The molecule has 0 aromatic heterocycles. The van der Waals surface area contributed by atoms with E-state index >= 15 is 0 Å². The van der Waals surface area contributed by atoms with E-state index in [-0.39, 0.29) is 0 Å². The molecule has 1 aromatic carbocycles. The van der Waals surface area contributed by atoms with Crippen molar-refractivity contribution in [2.75, 3.05) is 18.5 Å². The van der Waals surface area contributed by atoms with Gasteiger partial charge in [0.2, 0.25) is 0 Å². The van der Waals surface area contributed by atoms with Gasteiger partial charge < -0.3 is 10.1 Å². The van der Waals surface area contributed by atoms with E-state index in [4.69, 9.17) is 4.74 Å². The molecule has 0 fully saturated rings. The molecule has 1 N–H and O–H groups in total. The number of rotatable bonds is 6. The van der Waals surface area contributed by atoms with Crippen LogP contribution in [0.5, 0.6) is 5.75 Å². The highest BCUT2D eigenvalue weighted by Crippen LogP contribution is 2.16. The topological polar surface area (TPSA) is 21.3 Å². The summed E-state index contributed by atoms with van der Waals surface area (Å²) in [5, 5.41) is 3.41. The molecule has 15 heavy (non-hydrogen) atoms. The van der Waals surface area contributed by atoms with E-state index in [1.165, 1.54) is 12.1 Å². The SMILES string of the molecule is CCOc1ccc(NC[C@@H](C)CC)cc1. The smallest absolute Gasteiger partial charge is 0.119 e. The number of nitrogens with one attached hydrogen (secondary N) is 1. The molecule has 84 valence electrons. The molecule has 1 rings (SSSR count). The summed E-state index contributed by atoms with van der Waals surface area (Å²) in [6, 6.07) is 8.13. The van der Waals surface area contributed by atoms with Crippen molar-refractivity contribution in [2.24, 2.45) is 5.92 Å². The van der Waals surface area contributed by atoms with Gasteiger partial charge in [-0.1, -0.05) is 20.3 Å². The van der Waals surface area contributed by atoms with E-state index in [0.717, 1.165) is 24.8 Å². The summed E-state index contributed by atoms with van der Waals surface area (Å²) in [6.45, 7) is 8.21. The van der Waals surface area contributed by atoms with Crippen molar-refractivity contribution in [2.45, 2.75) is 27.2 Å². The van der Waals surface area contributed by atoms with Crippen LogP contribution in [0.4, 0.5) is 5.69 Å². The molecular weight excluding hydrogens is 186 g/mol. The van der Waals surface area contributed by atoms with Gasteiger partial charge >= 0.3 is 0 Å². The normalized spacial score (nSPS) is 12.2. The first-order valence-electron chi connectivity index (χ1n) is 5.73. The molecule has 0 saturated heterocycles. The number of ether oxygens (including phenoxy) is 1. The number of anilines is 1. The Labute approximate surface area is 92.6 Å². The Bertz CT molecular complexity index is 268. The second-order valence-corrected chi connectivity index (χ2v) is 3.85. The lowest BCUT2D eigenvalue weighted by molar-refractivity contribution is 0.340. The highest BCUT2D eigenvalue weighted by atomic mass is 16.5. The Morgan fingerprint density at radius 3 is 2.40 bits per heavy atom. The Kier molecular flexibility index (Phi) is 5.02. The van der Waals surface area contributed by atoms with Gasteiger partial charge in [0.15, 0.2) is 0 Å². The third-order valence-corrected chi connectivity index (χ3v) is 2.52. The highest BCUT2D eigenvalue weighted by molar-refractivity contribution is 5.46. The number of hydrogen-bond acceptors (Lipinski definition) is 2. The zero-order valence-corrected chi connectivity index (χ0v) is 9.92. The van der Waals surface area contributed by atoms with Gasteiger partial charge in [-0.3, -0.25) is 0 Å². The summed E-state index contributed by atoms with van der Waals surface area (Å²) >= 11 is 0. The molecule has 0 spiro atoms. The van der Waals surface area contributed by atoms with Crippen molar-refractivity contribution < 1.29 is 4.74 Å². The van der Waals surface area contributed by atoms with Crippen molar-refractivity contribution in [1.29, 1.82) is 0 Å². The molecule has 0 aliphatic carbocycles. The molecule has 0 aliphatic heterocycles. The van der Waals surface area contributed by atoms with Gasteiger partial charge in [0, 0.05) is 12.2 Å². The molecule has 0 heterocycles. The second-order valence-electron chi connectivity index (χ2n) is 3.85. The molecular formula is C13H21NO. The summed E-state index contributed by atoms with van der Waals surface area (Å²) in [7, 11) is 0. The van der Waals surface area contributed by atoms with Gasteiger partial charge in [-0.2, -0.15) is 0 Å². The fourth-order valence-electron chi connectivity index (χ4n) is 1.27. The van der Waals surface area contributed by atoms with Gasteiger partial charge in [0.05, 0.1) is 6.61 Å². The first kappa shape index (κ1) is 11.9. The maximum Gasteiger partial charge on any atom is 0.119 e. The predicted octanol–water partition coefficient (Wildman–Crippen LogP) is 3.54.